The largest absolute Gasteiger partial charge is 0.326 e. The van der Waals surface area contributed by atoms with Gasteiger partial charge in [-0.3, -0.25) is 19.3 Å². The van der Waals surface area contributed by atoms with Crippen molar-refractivity contribution in [1.29, 1.82) is 0 Å². The van der Waals surface area contributed by atoms with E-state index in [-0.39, 0.29) is 5.91 Å². The molecule has 0 radical (unpaired) electrons. The van der Waals surface area contributed by atoms with Crippen molar-refractivity contribution < 1.29 is 19.2 Å². The van der Waals surface area contributed by atoms with Crippen LogP contribution in [0.25, 0.3) is 11.3 Å². The van der Waals surface area contributed by atoms with E-state index in [9.17, 15) is 19.2 Å². The summed E-state index contributed by atoms with van der Waals surface area (Å²) in [6, 6.07) is 15.4. The lowest BCUT2D eigenvalue weighted by atomic mass is 9.92. The molecule has 5 amide bonds. The average molecular weight is 464 g/mol. The van der Waals surface area contributed by atoms with Gasteiger partial charge in [-0.15, -0.1) is 11.3 Å². The Morgan fingerprint density at radius 2 is 1.76 bits per heavy atom. The third kappa shape index (κ3) is 4.60. The molecule has 1 fully saturated rings. The molecule has 1 aliphatic rings. The summed E-state index contributed by atoms with van der Waals surface area (Å²) in [7, 11) is 0. The third-order valence-electron chi connectivity index (χ3n) is 5.18. The maximum absolute atomic E-state index is 12.9. The molecule has 3 aromatic rings. The van der Waals surface area contributed by atoms with Crippen LogP contribution in [0.5, 0.6) is 0 Å². The van der Waals surface area contributed by atoms with Crippen molar-refractivity contribution >= 4 is 45.9 Å². The van der Waals surface area contributed by atoms with Gasteiger partial charge in [0.05, 0.1) is 5.69 Å². The van der Waals surface area contributed by atoms with Crippen LogP contribution in [0.3, 0.4) is 0 Å². The van der Waals surface area contributed by atoms with E-state index in [1.807, 2.05) is 18.2 Å². The molecule has 0 saturated carbocycles. The van der Waals surface area contributed by atoms with Crippen LogP contribution in [-0.4, -0.2) is 40.2 Å². The Morgan fingerprint density at radius 1 is 1.06 bits per heavy atom. The summed E-state index contributed by atoms with van der Waals surface area (Å²) in [4.78, 5) is 54.3. The van der Waals surface area contributed by atoms with Crippen molar-refractivity contribution in [1.82, 2.24) is 15.2 Å². The monoisotopic (exact) mass is 463 g/mol. The van der Waals surface area contributed by atoms with Gasteiger partial charge < -0.3 is 16.0 Å². The Balaban J connectivity index is 1.40. The van der Waals surface area contributed by atoms with Gasteiger partial charge in [-0.05, 0) is 24.6 Å². The number of carbonyl (C=O) groups is 4. The van der Waals surface area contributed by atoms with Crippen LogP contribution in [0.2, 0.25) is 0 Å². The molecular weight excluding hydrogens is 442 g/mol. The molecule has 9 nitrogen and oxygen atoms in total. The van der Waals surface area contributed by atoms with Crippen molar-refractivity contribution in [2.24, 2.45) is 0 Å². The zero-order valence-electron chi connectivity index (χ0n) is 17.9. The minimum atomic E-state index is -1.23. The van der Waals surface area contributed by atoms with Crippen LogP contribution in [0, 0.1) is 0 Å². The molecule has 1 atom stereocenters. The molecule has 10 heteroatoms. The first kappa shape index (κ1) is 22.2. The van der Waals surface area contributed by atoms with Crippen molar-refractivity contribution in [3.05, 3.63) is 65.5 Å². The first-order valence-electron chi connectivity index (χ1n) is 10.1. The highest BCUT2D eigenvalue weighted by Crippen LogP contribution is 2.29. The van der Waals surface area contributed by atoms with E-state index in [4.69, 9.17) is 0 Å². The summed E-state index contributed by atoms with van der Waals surface area (Å²) in [5.41, 5.74) is 1.55. The molecule has 3 N–H and O–H groups in total. The topological polar surface area (TPSA) is 121 Å². The SMILES string of the molecule is CC(=O)Nc1ccc(-c2csc(NC(=O)CN3C(=O)NC(C)(c4ccccc4)C3=O)n2)cc1. The van der Waals surface area contributed by atoms with Gasteiger partial charge in [-0.1, -0.05) is 42.5 Å². The summed E-state index contributed by atoms with van der Waals surface area (Å²) in [6.07, 6.45) is 0. The Hall–Kier alpha value is -4.05. The fourth-order valence-corrected chi connectivity index (χ4v) is 4.24. The van der Waals surface area contributed by atoms with E-state index in [1.165, 1.54) is 18.3 Å². The molecular formula is C23H21N5O4S. The zero-order valence-corrected chi connectivity index (χ0v) is 18.7. The molecule has 0 bridgehead atoms. The second-order valence-corrected chi connectivity index (χ2v) is 8.52. The van der Waals surface area contributed by atoms with E-state index in [2.05, 4.69) is 20.9 Å². The van der Waals surface area contributed by atoms with Crippen molar-refractivity contribution in [2.45, 2.75) is 19.4 Å². The lowest BCUT2D eigenvalue weighted by Gasteiger charge is -2.21. The van der Waals surface area contributed by atoms with Crippen molar-refractivity contribution in [2.75, 3.05) is 17.2 Å². The number of imide groups is 1. The molecule has 1 aromatic heterocycles. The van der Waals surface area contributed by atoms with Gasteiger partial charge >= 0.3 is 6.03 Å². The third-order valence-corrected chi connectivity index (χ3v) is 5.94. The molecule has 2 aromatic carbocycles. The number of hydrogen-bond acceptors (Lipinski definition) is 6. The van der Waals surface area contributed by atoms with Crippen molar-refractivity contribution in [3.63, 3.8) is 0 Å². The fourth-order valence-electron chi connectivity index (χ4n) is 3.50. The van der Waals surface area contributed by atoms with Gasteiger partial charge in [-0.2, -0.15) is 0 Å². The maximum atomic E-state index is 12.9. The normalized spacial score (nSPS) is 17.6. The number of aromatic nitrogens is 1. The first-order chi connectivity index (χ1) is 15.8. The highest BCUT2D eigenvalue weighted by molar-refractivity contribution is 7.14. The van der Waals surface area contributed by atoms with Crippen LogP contribution in [0.4, 0.5) is 15.6 Å². The van der Waals surface area contributed by atoms with Gasteiger partial charge in [0, 0.05) is 23.6 Å². The Kier molecular flexibility index (Phi) is 5.93. The van der Waals surface area contributed by atoms with Crippen LogP contribution < -0.4 is 16.0 Å². The molecule has 1 saturated heterocycles. The molecule has 2 heterocycles. The van der Waals surface area contributed by atoms with E-state index >= 15 is 0 Å². The van der Waals surface area contributed by atoms with Crippen LogP contribution in [-0.2, 0) is 19.9 Å². The number of thiazole rings is 1. The van der Waals surface area contributed by atoms with Crippen molar-refractivity contribution in [3.8, 4) is 11.3 Å². The number of anilines is 2. The number of benzene rings is 2. The van der Waals surface area contributed by atoms with Gasteiger partial charge in [0.25, 0.3) is 5.91 Å². The van der Waals surface area contributed by atoms with Gasteiger partial charge in [0.1, 0.15) is 12.1 Å². The molecule has 0 aliphatic carbocycles. The highest BCUT2D eigenvalue weighted by Gasteiger charge is 2.49. The summed E-state index contributed by atoms with van der Waals surface area (Å²) in [5, 5.41) is 10.1. The highest BCUT2D eigenvalue weighted by atomic mass is 32.1. The number of nitrogens with one attached hydrogen (secondary N) is 3. The maximum Gasteiger partial charge on any atom is 0.325 e. The number of rotatable bonds is 6. The predicted octanol–water partition coefficient (Wildman–Crippen LogP) is 3.17. The van der Waals surface area contributed by atoms with E-state index < -0.39 is 29.9 Å². The lowest BCUT2D eigenvalue weighted by molar-refractivity contribution is -0.133. The van der Waals surface area contributed by atoms with Crippen LogP contribution in [0.1, 0.15) is 19.4 Å². The molecule has 1 unspecified atom stereocenters. The Morgan fingerprint density at radius 3 is 2.42 bits per heavy atom. The minimum Gasteiger partial charge on any atom is -0.326 e. The number of urea groups is 1. The van der Waals surface area contributed by atoms with E-state index in [0.29, 0.717) is 22.1 Å². The van der Waals surface area contributed by atoms with Crippen LogP contribution in [0.15, 0.2) is 60.0 Å². The average Bonchev–Trinajstić information content (AvgIpc) is 3.33. The number of amides is 5. The van der Waals surface area contributed by atoms with E-state index in [0.717, 1.165) is 10.5 Å². The standard InChI is InChI=1S/C23H21N5O4S/c1-14(29)24-17-10-8-15(9-11-17)18-13-33-21(25-18)26-19(30)12-28-20(31)23(2,27-22(28)32)16-6-4-3-5-7-16/h3-11,13H,12H2,1-2H3,(H,24,29)(H,27,32)(H,25,26,30). The van der Waals surface area contributed by atoms with Gasteiger partial charge in [-0.25, -0.2) is 9.78 Å². The Bertz CT molecular complexity index is 1230. The second kappa shape index (κ2) is 8.83. The molecule has 4 rings (SSSR count). The second-order valence-electron chi connectivity index (χ2n) is 7.66. The van der Waals surface area contributed by atoms with Crippen LogP contribution >= 0.6 is 11.3 Å². The molecule has 168 valence electrons. The first-order valence-corrected chi connectivity index (χ1v) is 11.0. The summed E-state index contributed by atoms with van der Waals surface area (Å²) in [6.45, 7) is 2.63. The lowest BCUT2D eigenvalue weighted by Crippen LogP contribution is -2.42. The number of nitrogens with zero attached hydrogens (tertiary/aromatic N) is 2. The zero-order chi connectivity index (χ0) is 23.6. The molecule has 33 heavy (non-hydrogen) atoms. The van der Waals surface area contributed by atoms with Gasteiger partial charge in [0.2, 0.25) is 11.8 Å². The van der Waals surface area contributed by atoms with E-state index in [1.54, 1.807) is 48.7 Å². The summed E-state index contributed by atoms with van der Waals surface area (Å²) >= 11 is 1.23. The molecule has 0 spiro atoms. The quantitative estimate of drug-likeness (QED) is 0.485. The fraction of sp³-hybridized carbons (Fsp3) is 0.174. The molecule has 1 aliphatic heterocycles. The minimum absolute atomic E-state index is 0.157. The number of hydrogen-bond donors (Lipinski definition) is 3. The predicted molar refractivity (Wildman–Crippen MR) is 125 cm³/mol. The smallest absolute Gasteiger partial charge is 0.325 e. The summed E-state index contributed by atoms with van der Waals surface area (Å²) < 4.78 is 0. The summed E-state index contributed by atoms with van der Waals surface area (Å²) in [5.74, 6) is -1.18. The van der Waals surface area contributed by atoms with Gasteiger partial charge in [0.15, 0.2) is 5.13 Å². The number of carbonyl (C=O) groups excluding carboxylic acids is 4. The Labute approximate surface area is 193 Å².